The zero-order chi connectivity index (χ0) is 24.0. The van der Waals surface area contributed by atoms with Crippen LogP contribution >= 0.6 is 11.3 Å². The molecule has 3 rings (SSSR count). The number of non-ortho nitro benzene ring substituents is 1. The van der Waals surface area contributed by atoms with Crippen LogP contribution in [0.15, 0.2) is 52.4 Å². The Balaban J connectivity index is 1.85. The van der Waals surface area contributed by atoms with Crippen LogP contribution in [0.2, 0.25) is 0 Å². The first kappa shape index (κ1) is 24.6. The van der Waals surface area contributed by atoms with E-state index < -0.39 is 26.4 Å². The predicted octanol–water partition coefficient (Wildman–Crippen LogP) is 2.95. The molecular weight excluding hydrogens is 470 g/mol. The summed E-state index contributed by atoms with van der Waals surface area (Å²) in [7, 11) is -2.19. The molecule has 1 aromatic heterocycles. The second kappa shape index (κ2) is 10.7. The number of carbonyl (C=O) groups excluding carboxylic acids is 1. The van der Waals surface area contributed by atoms with Crippen molar-refractivity contribution in [2.24, 2.45) is 4.99 Å². The second-order valence-corrected chi connectivity index (χ2v) is 10.0. The van der Waals surface area contributed by atoms with Crippen LogP contribution < -0.4 is 9.54 Å². The molecule has 12 heteroatoms. The van der Waals surface area contributed by atoms with E-state index in [1.165, 1.54) is 43.5 Å². The number of ether oxygens (including phenoxy) is 2. The summed E-state index contributed by atoms with van der Waals surface area (Å²) in [6.07, 6.45) is -0.297. The molecule has 2 aromatic carbocycles. The van der Waals surface area contributed by atoms with Crippen LogP contribution in [0.1, 0.15) is 13.3 Å². The Morgan fingerprint density at radius 2 is 1.94 bits per heavy atom. The van der Waals surface area contributed by atoms with Gasteiger partial charge in [-0.25, -0.2) is 8.42 Å². The highest BCUT2D eigenvalue weighted by atomic mass is 32.2. The molecule has 0 aliphatic rings. The first-order chi connectivity index (χ1) is 15.7. The van der Waals surface area contributed by atoms with Crippen molar-refractivity contribution in [3.05, 3.63) is 57.4 Å². The van der Waals surface area contributed by atoms with E-state index in [2.05, 4.69) is 4.99 Å². The van der Waals surface area contributed by atoms with Crippen molar-refractivity contribution in [2.75, 3.05) is 26.1 Å². The minimum Gasteiger partial charge on any atom is -0.497 e. The molecule has 0 N–H and O–H groups in total. The van der Waals surface area contributed by atoms with Gasteiger partial charge in [-0.2, -0.15) is 4.99 Å². The predicted molar refractivity (Wildman–Crippen MR) is 123 cm³/mol. The van der Waals surface area contributed by atoms with E-state index in [4.69, 9.17) is 9.47 Å². The van der Waals surface area contributed by atoms with Gasteiger partial charge >= 0.3 is 0 Å². The Bertz CT molecular complexity index is 1330. The van der Waals surface area contributed by atoms with E-state index in [0.29, 0.717) is 40.5 Å². The van der Waals surface area contributed by atoms with Crippen molar-refractivity contribution in [1.82, 2.24) is 4.57 Å². The molecular formula is C21H23N3O7S2. The summed E-state index contributed by atoms with van der Waals surface area (Å²) in [5.41, 5.74) is 0.617. The number of fused-ring (bicyclic) bond motifs is 1. The number of aromatic nitrogens is 1. The van der Waals surface area contributed by atoms with E-state index in [1.54, 1.807) is 10.6 Å². The summed E-state index contributed by atoms with van der Waals surface area (Å²) in [4.78, 5) is 27.7. The number of hydrogen-bond donors (Lipinski definition) is 0. The first-order valence-electron chi connectivity index (χ1n) is 10.0. The summed E-state index contributed by atoms with van der Waals surface area (Å²) in [5.74, 6) is -0.461. The number of methoxy groups -OCH3 is 1. The molecule has 0 unspecified atom stereocenters. The largest absolute Gasteiger partial charge is 0.497 e. The van der Waals surface area contributed by atoms with E-state index in [-0.39, 0.29) is 17.0 Å². The third-order valence-corrected chi connectivity index (χ3v) is 7.54. The van der Waals surface area contributed by atoms with E-state index >= 15 is 0 Å². The van der Waals surface area contributed by atoms with E-state index in [9.17, 15) is 23.3 Å². The van der Waals surface area contributed by atoms with Crippen molar-refractivity contribution >= 4 is 43.0 Å². The van der Waals surface area contributed by atoms with Gasteiger partial charge in [0, 0.05) is 31.7 Å². The number of amides is 1. The summed E-state index contributed by atoms with van der Waals surface area (Å²) in [6, 6.07) is 10.3. The summed E-state index contributed by atoms with van der Waals surface area (Å²) < 4.78 is 37.9. The average molecular weight is 494 g/mol. The lowest BCUT2D eigenvalue weighted by Crippen LogP contribution is -2.20. The normalized spacial score (nSPS) is 12.2. The van der Waals surface area contributed by atoms with Crippen molar-refractivity contribution < 1.29 is 27.6 Å². The molecule has 1 heterocycles. The standard InChI is InChI=1S/C21H23N3O7S2/c1-3-31-12-11-23-18-9-4-15(24(26)27)14-19(18)32-21(23)22-20(25)10-13-33(28,29)17-7-5-16(30-2)6-8-17/h4-9,14H,3,10-13H2,1-2H3. The molecule has 0 aliphatic carbocycles. The number of benzene rings is 2. The van der Waals surface area contributed by atoms with Crippen molar-refractivity contribution in [2.45, 2.75) is 24.8 Å². The van der Waals surface area contributed by atoms with Gasteiger partial charge in [0.05, 0.1) is 39.5 Å². The average Bonchev–Trinajstić information content (AvgIpc) is 3.14. The molecule has 33 heavy (non-hydrogen) atoms. The highest BCUT2D eigenvalue weighted by Gasteiger charge is 2.17. The van der Waals surface area contributed by atoms with Crippen LogP contribution in [0.5, 0.6) is 5.75 Å². The van der Waals surface area contributed by atoms with Crippen LogP contribution in [-0.2, 0) is 25.9 Å². The van der Waals surface area contributed by atoms with Crippen molar-refractivity contribution in [3.63, 3.8) is 0 Å². The number of sulfone groups is 1. The fourth-order valence-electron chi connectivity index (χ4n) is 3.06. The number of nitro groups is 1. The quantitative estimate of drug-likeness (QED) is 0.241. The fourth-order valence-corrected chi connectivity index (χ4v) is 5.40. The van der Waals surface area contributed by atoms with Gasteiger partial charge in [0.15, 0.2) is 14.6 Å². The molecule has 0 aliphatic heterocycles. The molecule has 0 fully saturated rings. The van der Waals surface area contributed by atoms with Crippen LogP contribution in [0.4, 0.5) is 5.69 Å². The Labute approximate surface area is 194 Å². The lowest BCUT2D eigenvalue weighted by molar-refractivity contribution is -0.384. The van der Waals surface area contributed by atoms with Crippen LogP contribution in [0.3, 0.4) is 0 Å². The number of thiazole rings is 1. The maximum atomic E-state index is 12.6. The molecule has 176 valence electrons. The van der Waals surface area contributed by atoms with Crippen LogP contribution in [0.25, 0.3) is 10.2 Å². The minimum absolute atomic E-state index is 0.0656. The Morgan fingerprint density at radius 1 is 1.21 bits per heavy atom. The molecule has 0 atom stereocenters. The van der Waals surface area contributed by atoms with Gasteiger partial charge in [0.2, 0.25) is 5.91 Å². The smallest absolute Gasteiger partial charge is 0.270 e. The van der Waals surface area contributed by atoms with Gasteiger partial charge < -0.3 is 14.0 Å². The SMILES string of the molecule is CCOCCn1c(=NC(=O)CCS(=O)(=O)c2ccc(OC)cc2)sc2cc([N+](=O)[O-])ccc21. The van der Waals surface area contributed by atoms with E-state index in [1.807, 2.05) is 6.92 Å². The summed E-state index contributed by atoms with van der Waals surface area (Å²) in [6.45, 7) is 3.13. The lowest BCUT2D eigenvalue weighted by Gasteiger charge is -2.06. The number of nitro benzene ring substituents is 1. The molecule has 0 spiro atoms. The highest BCUT2D eigenvalue weighted by Crippen LogP contribution is 2.23. The molecule has 10 nitrogen and oxygen atoms in total. The number of rotatable bonds is 10. The highest BCUT2D eigenvalue weighted by molar-refractivity contribution is 7.91. The van der Waals surface area contributed by atoms with Gasteiger partial charge in [-0.3, -0.25) is 14.9 Å². The first-order valence-corrected chi connectivity index (χ1v) is 12.5. The molecule has 0 saturated heterocycles. The molecule has 0 radical (unpaired) electrons. The van der Waals surface area contributed by atoms with Crippen LogP contribution in [0, 0.1) is 10.1 Å². The second-order valence-electron chi connectivity index (χ2n) is 6.89. The molecule has 1 amide bonds. The molecule has 0 saturated carbocycles. The van der Waals surface area contributed by atoms with Crippen molar-refractivity contribution in [1.29, 1.82) is 0 Å². The number of hydrogen-bond acceptors (Lipinski definition) is 8. The van der Waals surface area contributed by atoms with Gasteiger partial charge in [-0.1, -0.05) is 11.3 Å². The molecule has 0 bridgehead atoms. The molecule has 3 aromatic rings. The van der Waals surface area contributed by atoms with Gasteiger partial charge in [0.25, 0.3) is 5.69 Å². The lowest BCUT2D eigenvalue weighted by atomic mass is 10.3. The Morgan fingerprint density at radius 3 is 2.58 bits per heavy atom. The summed E-state index contributed by atoms with van der Waals surface area (Å²) >= 11 is 1.13. The van der Waals surface area contributed by atoms with E-state index in [0.717, 1.165) is 11.3 Å². The van der Waals surface area contributed by atoms with Gasteiger partial charge in [-0.05, 0) is 37.3 Å². The fraction of sp³-hybridized carbons (Fsp3) is 0.333. The minimum atomic E-state index is -3.67. The van der Waals surface area contributed by atoms with Gasteiger partial charge in [0.1, 0.15) is 5.75 Å². The number of carbonyl (C=O) groups is 1. The zero-order valence-electron chi connectivity index (χ0n) is 18.1. The zero-order valence-corrected chi connectivity index (χ0v) is 19.7. The number of nitrogens with zero attached hydrogens (tertiary/aromatic N) is 3. The van der Waals surface area contributed by atoms with Crippen LogP contribution in [-0.4, -0.2) is 49.9 Å². The Hall–Kier alpha value is -3.09. The van der Waals surface area contributed by atoms with Crippen molar-refractivity contribution in [3.8, 4) is 5.75 Å². The van der Waals surface area contributed by atoms with Gasteiger partial charge in [-0.15, -0.1) is 0 Å². The third-order valence-electron chi connectivity index (χ3n) is 4.76. The topological polar surface area (TPSA) is 130 Å². The maximum absolute atomic E-state index is 12.6. The monoisotopic (exact) mass is 493 g/mol. The maximum Gasteiger partial charge on any atom is 0.270 e. The Kier molecular flexibility index (Phi) is 7.95. The third kappa shape index (κ3) is 6.03. The summed E-state index contributed by atoms with van der Waals surface area (Å²) in [5, 5.41) is 11.1.